The van der Waals surface area contributed by atoms with Crippen LogP contribution in [0.5, 0.6) is 5.75 Å². The lowest BCUT2D eigenvalue weighted by molar-refractivity contribution is -0.0551. The molecule has 1 rings (SSSR count). The summed E-state index contributed by atoms with van der Waals surface area (Å²) in [6, 6.07) is 6.33. The molecule has 0 heterocycles. The molecule has 0 aliphatic rings. The highest BCUT2D eigenvalue weighted by molar-refractivity contribution is 9.18. The Kier molecular flexibility index (Phi) is 4.17. The highest BCUT2D eigenvalue weighted by Gasteiger charge is 2.34. The molecule has 1 N–H and O–H groups in total. The van der Waals surface area contributed by atoms with E-state index in [0.29, 0.717) is 11.4 Å². The summed E-state index contributed by atoms with van der Waals surface area (Å²) in [5, 5.41) is 3.14. The molecule has 0 aliphatic heterocycles. The van der Waals surface area contributed by atoms with Crippen LogP contribution < -0.4 is 10.2 Å². The number of ether oxygens (including phenoxy) is 1. The number of hydrogen-bond acceptors (Lipinski definition) is 3. The van der Waals surface area contributed by atoms with Crippen molar-refractivity contribution in [1.82, 2.24) is 0 Å². The smallest absolute Gasteiger partial charge is 0.441 e. The summed E-state index contributed by atoms with van der Waals surface area (Å²) in [6.07, 6.45) is -4.49. The predicted octanol–water partition coefficient (Wildman–Crippen LogP) is 3.38. The number of anilines is 1. The van der Waals surface area contributed by atoms with Crippen molar-refractivity contribution in [2.75, 3.05) is 12.5 Å². The summed E-state index contributed by atoms with van der Waals surface area (Å²) < 4.78 is 39.9. The van der Waals surface area contributed by atoms with E-state index in [0.717, 1.165) is 0 Å². The molecule has 7 heteroatoms. The van der Waals surface area contributed by atoms with E-state index in [1.807, 2.05) is 0 Å². The molecule has 0 radical (unpaired) electrons. The van der Waals surface area contributed by atoms with E-state index in [2.05, 4.69) is 26.5 Å². The summed E-state index contributed by atoms with van der Waals surface area (Å²) in [5.41, 5.74) is 2.70. The van der Waals surface area contributed by atoms with Crippen LogP contribution in [0, 0.1) is 0 Å². The number of alkyl halides is 3. The maximum Gasteiger partial charge on any atom is 0.441 e. The molecule has 1 aromatic rings. The summed E-state index contributed by atoms with van der Waals surface area (Å²) in [5.74, 6) is 0.615. The van der Waals surface area contributed by atoms with Gasteiger partial charge in [-0.1, -0.05) is 0 Å². The SMILES string of the molecule is COc1ccc(NN=C(Br)C(F)(F)F)cc1. The van der Waals surface area contributed by atoms with Crippen molar-refractivity contribution < 1.29 is 17.9 Å². The summed E-state index contributed by atoms with van der Waals surface area (Å²) in [4.78, 5) is 0. The Balaban J connectivity index is 2.67. The highest BCUT2D eigenvalue weighted by atomic mass is 79.9. The number of rotatable bonds is 3. The van der Waals surface area contributed by atoms with Crippen LogP contribution in [-0.2, 0) is 0 Å². The number of hydrazone groups is 1. The normalized spacial score (nSPS) is 12.4. The van der Waals surface area contributed by atoms with Crippen molar-refractivity contribution in [3.63, 3.8) is 0 Å². The molecule has 3 nitrogen and oxygen atoms in total. The van der Waals surface area contributed by atoms with Crippen LogP contribution >= 0.6 is 15.9 Å². The Morgan fingerprint density at radius 3 is 2.31 bits per heavy atom. The Bertz CT molecular complexity index is 375. The fourth-order valence-electron chi connectivity index (χ4n) is 0.843. The van der Waals surface area contributed by atoms with Crippen LogP contribution in [-0.4, -0.2) is 17.9 Å². The molecule has 0 atom stereocenters. The number of methoxy groups -OCH3 is 1. The Morgan fingerprint density at radius 1 is 1.31 bits per heavy atom. The van der Waals surface area contributed by atoms with Crippen molar-refractivity contribution >= 4 is 26.2 Å². The van der Waals surface area contributed by atoms with E-state index in [1.165, 1.54) is 7.11 Å². The van der Waals surface area contributed by atoms with Gasteiger partial charge in [-0.3, -0.25) is 5.43 Å². The first kappa shape index (κ1) is 12.8. The highest BCUT2D eigenvalue weighted by Crippen LogP contribution is 2.22. The van der Waals surface area contributed by atoms with E-state index < -0.39 is 10.8 Å². The molecule has 0 bridgehead atoms. The molecule has 0 amide bonds. The Hall–Kier alpha value is -1.24. The molecule has 0 spiro atoms. The molecule has 0 fully saturated rings. The van der Waals surface area contributed by atoms with Gasteiger partial charge in [0.1, 0.15) is 5.75 Å². The van der Waals surface area contributed by atoms with Crippen LogP contribution in [0.25, 0.3) is 0 Å². The molecule has 0 unspecified atom stereocenters. The van der Waals surface area contributed by atoms with E-state index in [9.17, 15) is 13.2 Å². The minimum absolute atomic E-state index is 0.432. The monoisotopic (exact) mass is 296 g/mol. The van der Waals surface area contributed by atoms with Gasteiger partial charge in [0.15, 0.2) is 0 Å². The first-order valence-corrected chi connectivity index (χ1v) is 4.93. The van der Waals surface area contributed by atoms with Crippen LogP contribution in [0.4, 0.5) is 18.9 Å². The van der Waals surface area contributed by atoms with Gasteiger partial charge in [0.25, 0.3) is 0 Å². The molecule has 16 heavy (non-hydrogen) atoms. The van der Waals surface area contributed by atoms with E-state index in [4.69, 9.17) is 4.74 Å². The van der Waals surface area contributed by atoms with Crippen molar-refractivity contribution in [3.8, 4) is 5.75 Å². The lowest BCUT2D eigenvalue weighted by Crippen LogP contribution is -2.17. The third-order valence-electron chi connectivity index (χ3n) is 1.61. The number of hydrogen-bond donors (Lipinski definition) is 1. The molecular weight excluding hydrogens is 289 g/mol. The van der Waals surface area contributed by atoms with Gasteiger partial charge in [-0.25, -0.2) is 0 Å². The minimum atomic E-state index is -4.49. The Labute approximate surface area is 98.4 Å². The molecule has 0 saturated heterocycles. The fraction of sp³-hybridized carbons (Fsp3) is 0.222. The van der Waals surface area contributed by atoms with E-state index in [1.54, 1.807) is 24.3 Å². The zero-order valence-electron chi connectivity index (χ0n) is 8.18. The van der Waals surface area contributed by atoms with Crippen molar-refractivity contribution in [2.45, 2.75) is 6.18 Å². The lowest BCUT2D eigenvalue weighted by atomic mass is 10.3. The van der Waals surface area contributed by atoms with Crippen LogP contribution in [0.3, 0.4) is 0 Å². The van der Waals surface area contributed by atoms with Crippen LogP contribution in [0.2, 0.25) is 0 Å². The first-order valence-electron chi connectivity index (χ1n) is 4.14. The number of nitrogens with zero attached hydrogens (tertiary/aromatic N) is 1. The summed E-state index contributed by atoms with van der Waals surface area (Å²) in [7, 11) is 1.50. The van der Waals surface area contributed by atoms with Crippen LogP contribution in [0.15, 0.2) is 29.4 Å². The standard InChI is InChI=1S/C9H8BrF3N2O/c1-16-7-4-2-6(3-5-7)14-15-8(10)9(11,12)13/h2-5,14H,1H3. The van der Waals surface area contributed by atoms with Gasteiger partial charge in [-0.2, -0.15) is 18.3 Å². The minimum Gasteiger partial charge on any atom is -0.497 e. The second-order valence-corrected chi connectivity index (χ2v) is 3.49. The quantitative estimate of drug-likeness (QED) is 0.685. The molecule has 1 aromatic carbocycles. The van der Waals surface area contributed by atoms with Crippen molar-refractivity contribution in [2.24, 2.45) is 5.10 Å². The fourth-order valence-corrected chi connectivity index (χ4v) is 0.931. The van der Waals surface area contributed by atoms with Gasteiger partial charge in [0.05, 0.1) is 12.8 Å². The topological polar surface area (TPSA) is 33.6 Å². The second kappa shape index (κ2) is 5.20. The third kappa shape index (κ3) is 3.73. The van der Waals surface area contributed by atoms with E-state index >= 15 is 0 Å². The van der Waals surface area contributed by atoms with Crippen molar-refractivity contribution in [1.29, 1.82) is 0 Å². The lowest BCUT2D eigenvalue weighted by Gasteiger charge is -2.05. The van der Waals surface area contributed by atoms with Gasteiger partial charge >= 0.3 is 6.18 Å². The average molecular weight is 297 g/mol. The van der Waals surface area contributed by atoms with E-state index in [-0.39, 0.29) is 0 Å². The van der Waals surface area contributed by atoms with Crippen LogP contribution in [0.1, 0.15) is 0 Å². The van der Waals surface area contributed by atoms with Gasteiger partial charge in [0.2, 0.25) is 4.62 Å². The predicted molar refractivity (Wildman–Crippen MR) is 59.0 cm³/mol. The zero-order valence-corrected chi connectivity index (χ0v) is 9.76. The maximum absolute atomic E-state index is 12.0. The molecule has 0 aromatic heterocycles. The molecule has 0 aliphatic carbocycles. The van der Waals surface area contributed by atoms with Gasteiger partial charge in [0, 0.05) is 0 Å². The molecular formula is C9H8BrF3N2O. The average Bonchev–Trinajstić information content (AvgIpc) is 2.25. The number of halogens is 4. The van der Waals surface area contributed by atoms with Gasteiger partial charge in [-0.15, -0.1) is 0 Å². The molecule has 88 valence electrons. The maximum atomic E-state index is 12.0. The third-order valence-corrected chi connectivity index (χ3v) is 2.23. The van der Waals surface area contributed by atoms with Crippen molar-refractivity contribution in [3.05, 3.63) is 24.3 Å². The second-order valence-electron chi connectivity index (χ2n) is 2.74. The van der Waals surface area contributed by atoms with Gasteiger partial charge in [-0.05, 0) is 40.2 Å². The zero-order chi connectivity index (χ0) is 12.2. The summed E-state index contributed by atoms with van der Waals surface area (Å²) >= 11 is 2.32. The first-order chi connectivity index (χ1) is 7.43. The summed E-state index contributed by atoms with van der Waals surface area (Å²) in [6.45, 7) is 0. The number of benzene rings is 1. The Morgan fingerprint density at radius 2 is 1.88 bits per heavy atom. The van der Waals surface area contributed by atoms with Gasteiger partial charge < -0.3 is 4.74 Å². The molecule has 0 saturated carbocycles. The number of nitrogens with one attached hydrogen (secondary N) is 1. The largest absolute Gasteiger partial charge is 0.497 e.